The van der Waals surface area contributed by atoms with Crippen LogP contribution in [0.3, 0.4) is 0 Å². The van der Waals surface area contributed by atoms with Crippen molar-refractivity contribution in [3.63, 3.8) is 0 Å². The summed E-state index contributed by atoms with van der Waals surface area (Å²) in [6, 6.07) is 3.57. The number of nitrogen functional groups attached to an aromatic ring is 1. The van der Waals surface area contributed by atoms with E-state index in [0.29, 0.717) is 16.4 Å². The molecule has 17 heavy (non-hydrogen) atoms. The normalized spacial score (nSPS) is 10.4. The van der Waals surface area contributed by atoms with Crippen molar-refractivity contribution in [3.8, 4) is 0 Å². The third-order valence-corrected chi connectivity index (χ3v) is 2.53. The Balaban J connectivity index is 1.78. The smallest absolute Gasteiger partial charge is 0.225 e. The predicted octanol–water partition coefficient (Wildman–Crippen LogP) is 1.52. The number of aryl methyl sites for hydroxylation is 1. The van der Waals surface area contributed by atoms with Crippen LogP contribution in [0.15, 0.2) is 29.1 Å². The molecule has 0 aliphatic rings. The van der Waals surface area contributed by atoms with Gasteiger partial charge < -0.3 is 11.1 Å². The maximum Gasteiger partial charge on any atom is 0.225 e. The fourth-order valence-electron chi connectivity index (χ4n) is 1.39. The van der Waals surface area contributed by atoms with Crippen LogP contribution in [-0.2, 0) is 6.54 Å². The van der Waals surface area contributed by atoms with Crippen LogP contribution in [-0.4, -0.2) is 26.3 Å². The van der Waals surface area contributed by atoms with Crippen LogP contribution >= 0.6 is 15.9 Å². The number of hydrogen-bond acceptors (Lipinski definition) is 5. The van der Waals surface area contributed by atoms with Gasteiger partial charge in [0.2, 0.25) is 5.95 Å². The lowest BCUT2D eigenvalue weighted by Crippen LogP contribution is -2.10. The Morgan fingerprint density at radius 1 is 1.41 bits per heavy atom. The Morgan fingerprint density at radius 2 is 2.29 bits per heavy atom. The lowest BCUT2D eigenvalue weighted by molar-refractivity contribution is 0.591. The zero-order valence-corrected chi connectivity index (χ0v) is 10.8. The first-order valence-corrected chi connectivity index (χ1v) is 6.05. The second-order valence-corrected chi connectivity index (χ2v) is 4.30. The van der Waals surface area contributed by atoms with Crippen molar-refractivity contribution < 1.29 is 0 Å². The Morgan fingerprint density at radius 3 is 3.00 bits per heavy atom. The van der Waals surface area contributed by atoms with Crippen LogP contribution in [0.2, 0.25) is 0 Å². The number of hydrogen-bond donors (Lipinski definition) is 2. The van der Waals surface area contributed by atoms with Crippen LogP contribution in [0.25, 0.3) is 0 Å². The minimum absolute atomic E-state index is 0.446. The van der Waals surface area contributed by atoms with Gasteiger partial charge in [0.15, 0.2) is 0 Å². The van der Waals surface area contributed by atoms with Gasteiger partial charge in [0, 0.05) is 31.5 Å². The molecule has 0 amide bonds. The molecule has 0 bridgehead atoms. The number of nitrogens with zero attached hydrogens (tertiary/aromatic N) is 4. The minimum Gasteiger partial charge on any atom is -0.383 e. The summed E-state index contributed by atoms with van der Waals surface area (Å²) < 4.78 is 2.57. The second-order valence-electron chi connectivity index (χ2n) is 3.49. The molecule has 2 rings (SSSR count). The van der Waals surface area contributed by atoms with Crippen molar-refractivity contribution >= 4 is 27.7 Å². The maximum atomic E-state index is 5.61. The Bertz CT molecular complexity index is 449. The minimum atomic E-state index is 0.446. The molecule has 0 saturated heterocycles. The maximum absolute atomic E-state index is 5.61. The standard InChI is InChI=1S/C10H13BrN6/c11-8-7-9(12)16-10(15-8)13-3-1-5-17-6-2-4-14-17/h2,4,6-7H,1,3,5H2,(H3,12,13,15,16). The zero-order valence-electron chi connectivity index (χ0n) is 9.17. The average Bonchev–Trinajstić information content (AvgIpc) is 2.76. The van der Waals surface area contributed by atoms with Crippen molar-refractivity contribution in [3.05, 3.63) is 29.1 Å². The van der Waals surface area contributed by atoms with Gasteiger partial charge in [-0.1, -0.05) is 0 Å². The number of halogens is 1. The first-order chi connectivity index (χ1) is 8.24. The average molecular weight is 297 g/mol. The quantitative estimate of drug-likeness (QED) is 0.646. The van der Waals surface area contributed by atoms with Crippen LogP contribution in [0.1, 0.15) is 6.42 Å². The summed E-state index contributed by atoms with van der Waals surface area (Å²) in [5.74, 6) is 0.985. The molecular weight excluding hydrogens is 284 g/mol. The van der Waals surface area contributed by atoms with Gasteiger partial charge in [0.1, 0.15) is 10.4 Å². The molecule has 3 N–H and O–H groups in total. The molecular formula is C10H13BrN6. The van der Waals surface area contributed by atoms with Crippen molar-refractivity contribution in [2.75, 3.05) is 17.6 Å². The van der Waals surface area contributed by atoms with Crippen molar-refractivity contribution in [2.24, 2.45) is 0 Å². The number of nitrogens with two attached hydrogens (primary N) is 1. The molecule has 7 heteroatoms. The largest absolute Gasteiger partial charge is 0.383 e. The molecule has 0 fully saturated rings. The van der Waals surface area contributed by atoms with Crippen LogP contribution in [0, 0.1) is 0 Å². The van der Waals surface area contributed by atoms with E-state index in [1.165, 1.54) is 0 Å². The van der Waals surface area contributed by atoms with Crippen LogP contribution < -0.4 is 11.1 Å². The molecule has 6 nitrogen and oxygen atoms in total. The molecule has 0 radical (unpaired) electrons. The SMILES string of the molecule is Nc1cc(Br)nc(NCCCn2cccn2)n1. The molecule has 0 spiro atoms. The summed E-state index contributed by atoms with van der Waals surface area (Å²) in [7, 11) is 0. The van der Waals surface area contributed by atoms with Gasteiger partial charge in [0.25, 0.3) is 0 Å². The van der Waals surface area contributed by atoms with Crippen LogP contribution in [0.4, 0.5) is 11.8 Å². The summed E-state index contributed by atoms with van der Waals surface area (Å²) in [4.78, 5) is 8.23. The highest BCUT2D eigenvalue weighted by Gasteiger charge is 1.99. The fourth-order valence-corrected chi connectivity index (χ4v) is 1.79. The molecule has 0 aliphatic carbocycles. The highest BCUT2D eigenvalue weighted by molar-refractivity contribution is 9.10. The van der Waals surface area contributed by atoms with E-state index in [0.717, 1.165) is 19.5 Å². The molecule has 2 aromatic heterocycles. The molecule has 0 aromatic carbocycles. The van der Waals surface area contributed by atoms with Gasteiger partial charge in [0.05, 0.1) is 0 Å². The molecule has 0 unspecified atom stereocenters. The Kier molecular flexibility index (Phi) is 3.92. The summed E-state index contributed by atoms with van der Waals surface area (Å²) in [6.45, 7) is 1.64. The van der Waals surface area contributed by atoms with Gasteiger partial charge in [-0.25, -0.2) is 4.98 Å². The Hall–Kier alpha value is -1.63. The monoisotopic (exact) mass is 296 g/mol. The van der Waals surface area contributed by atoms with E-state index >= 15 is 0 Å². The second kappa shape index (κ2) is 5.62. The molecule has 0 saturated carbocycles. The molecule has 0 atom stereocenters. The van der Waals surface area contributed by atoms with E-state index in [1.54, 1.807) is 12.3 Å². The number of nitrogens with one attached hydrogen (secondary N) is 1. The van der Waals surface area contributed by atoms with E-state index in [4.69, 9.17) is 5.73 Å². The van der Waals surface area contributed by atoms with Gasteiger partial charge in [-0.15, -0.1) is 0 Å². The number of anilines is 2. The van der Waals surface area contributed by atoms with E-state index < -0.39 is 0 Å². The first-order valence-electron chi connectivity index (χ1n) is 5.25. The van der Waals surface area contributed by atoms with E-state index in [2.05, 4.69) is 36.3 Å². The lowest BCUT2D eigenvalue weighted by Gasteiger charge is -2.05. The van der Waals surface area contributed by atoms with Crippen molar-refractivity contribution in [1.29, 1.82) is 0 Å². The molecule has 2 aromatic rings. The fraction of sp³-hybridized carbons (Fsp3) is 0.300. The van der Waals surface area contributed by atoms with E-state index in [-0.39, 0.29) is 0 Å². The first kappa shape index (κ1) is 11.8. The lowest BCUT2D eigenvalue weighted by atomic mass is 10.4. The van der Waals surface area contributed by atoms with Gasteiger partial charge in [-0.2, -0.15) is 10.1 Å². The van der Waals surface area contributed by atoms with E-state index in [9.17, 15) is 0 Å². The predicted molar refractivity (Wildman–Crippen MR) is 69.5 cm³/mol. The molecule has 2 heterocycles. The van der Waals surface area contributed by atoms with Crippen molar-refractivity contribution in [1.82, 2.24) is 19.7 Å². The van der Waals surface area contributed by atoms with E-state index in [1.807, 2.05) is 16.9 Å². The topological polar surface area (TPSA) is 81.6 Å². The number of rotatable bonds is 5. The highest BCUT2D eigenvalue weighted by atomic mass is 79.9. The summed E-state index contributed by atoms with van der Waals surface area (Å²) in [5.41, 5.74) is 5.61. The molecule has 0 aliphatic heterocycles. The number of aromatic nitrogens is 4. The van der Waals surface area contributed by atoms with Gasteiger partial charge in [-0.3, -0.25) is 4.68 Å². The van der Waals surface area contributed by atoms with Gasteiger partial charge in [-0.05, 0) is 28.4 Å². The van der Waals surface area contributed by atoms with Gasteiger partial charge >= 0.3 is 0 Å². The third-order valence-electron chi connectivity index (χ3n) is 2.12. The third kappa shape index (κ3) is 3.70. The molecule has 90 valence electrons. The van der Waals surface area contributed by atoms with Crippen LogP contribution in [0.5, 0.6) is 0 Å². The highest BCUT2D eigenvalue weighted by Crippen LogP contribution is 2.12. The summed E-state index contributed by atoms with van der Waals surface area (Å²) >= 11 is 3.27. The summed E-state index contributed by atoms with van der Waals surface area (Å²) in [5, 5.41) is 7.23. The zero-order chi connectivity index (χ0) is 12.1. The summed E-state index contributed by atoms with van der Waals surface area (Å²) in [6.07, 6.45) is 4.65. The Labute approximate surface area is 107 Å². The van der Waals surface area contributed by atoms with Crippen molar-refractivity contribution in [2.45, 2.75) is 13.0 Å².